The van der Waals surface area contributed by atoms with Gasteiger partial charge in [-0.05, 0) is 53.2 Å². The number of carbonyl (C=O) groups is 1. The van der Waals surface area contributed by atoms with Crippen molar-refractivity contribution in [1.82, 2.24) is 28.9 Å². The molecule has 1 amide bonds. The topological polar surface area (TPSA) is 115 Å². The molecule has 15 heteroatoms. The second-order valence-corrected chi connectivity index (χ2v) is 14.7. The number of amides is 1. The monoisotopic (exact) mass is 609 g/mol. The molecule has 0 radical (unpaired) electrons. The molecule has 42 heavy (non-hydrogen) atoms. The molecule has 0 bridgehead atoms. The quantitative estimate of drug-likeness (QED) is 0.402. The van der Waals surface area contributed by atoms with Gasteiger partial charge in [-0.2, -0.15) is 18.3 Å². The van der Waals surface area contributed by atoms with E-state index in [1.165, 1.54) is 40.0 Å². The summed E-state index contributed by atoms with van der Waals surface area (Å²) in [5.74, 6) is -0.153. The molecule has 1 fully saturated rings. The molecule has 228 valence electrons. The SMILES string of the molecule is Cc1nn(C)cc1S(=O)(=O)N1C(=O)c2ccc(-n3ccc(OCC(C)(C)C(F)(F)F)n3)nc2N2C1C(C)(C)CC2(C)C. The van der Waals surface area contributed by atoms with Crippen molar-refractivity contribution in [2.24, 2.45) is 17.9 Å². The molecular weight excluding hydrogens is 575 g/mol. The summed E-state index contributed by atoms with van der Waals surface area (Å²) in [5, 5.41) is 8.41. The van der Waals surface area contributed by atoms with Gasteiger partial charge in [0, 0.05) is 36.5 Å². The third-order valence-corrected chi connectivity index (χ3v) is 9.72. The van der Waals surface area contributed by atoms with E-state index >= 15 is 0 Å². The number of aryl methyl sites for hydroxylation is 2. The van der Waals surface area contributed by atoms with Crippen molar-refractivity contribution in [2.45, 2.75) is 77.7 Å². The van der Waals surface area contributed by atoms with Gasteiger partial charge in [0.05, 0.1) is 16.7 Å². The molecule has 11 nitrogen and oxygen atoms in total. The Balaban J connectivity index is 1.57. The molecule has 1 atom stereocenters. The number of rotatable bonds is 6. The van der Waals surface area contributed by atoms with Gasteiger partial charge in [0.1, 0.15) is 23.5 Å². The van der Waals surface area contributed by atoms with Gasteiger partial charge in [0.2, 0.25) is 5.88 Å². The van der Waals surface area contributed by atoms with Gasteiger partial charge in [-0.3, -0.25) is 9.48 Å². The predicted molar refractivity (Wildman–Crippen MR) is 147 cm³/mol. The Labute approximate surface area is 242 Å². The van der Waals surface area contributed by atoms with E-state index in [1.54, 1.807) is 14.0 Å². The van der Waals surface area contributed by atoms with Crippen LogP contribution < -0.4 is 9.64 Å². The molecule has 0 saturated carbocycles. The van der Waals surface area contributed by atoms with Crippen LogP contribution in [0.25, 0.3) is 5.82 Å². The van der Waals surface area contributed by atoms with E-state index in [9.17, 15) is 26.4 Å². The fourth-order valence-electron chi connectivity index (χ4n) is 5.97. The highest BCUT2D eigenvalue weighted by Gasteiger charge is 2.61. The Morgan fingerprint density at radius 3 is 2.36 bits per heavy atom. The van der Waals surface area contributed by atoms with Crippen LogP contribution in [0, 0.1) is 17.8 Å². The van der Waals surface area contributed by atoms with Crippen LogP contribution in [0.2, 0.25) is 0 Å². The van der Waals surface area contributed by atoms with Crippen molar-refractivity contribution in [2.75, 3.05) is 11.5 Å². The number of carbonyl (C=O) groups excluding carboxylic acids is 1. The number of aromatic nitrogens is 5. The standard InChI is InChI=1S/C27H34F3N7O4S/c1-16-18(13-34(8)32-16)42(39,40)37-22(38)17-9-10-19(31-21(17)36-23(37)24(2,3)14-26(36,6)7)35-12-11-20(33-35)41-15-25(4,5)27(28,29)30/h9-13,23H,14-15H2,1-8H3. The van der Waals surface area contributed by atoms with Crippen molar-refractivity contribution in [1.29, 1.82) is 0 Å². The van der Waals surface area contributed by atoms with Crippen LogP contribution in [-0.4, -0.2) is 67.7 Å². The van der Waals surface area contributed by atoms with Gasteiger partial charge in [-0.15, -0.1) is 5.10 Å². The predicted octanol–water partition coefficient (Wildman–Crippen LogP) is 4.46. The maximum Gasteiger partial charge on any atom is 0.397 e. The zero-order valence-corrected chi connectivity index (χ0v) is 25.5. The molecule has 2 aliphatic heterocycles. The molecule has 0 spiro atoms. The average molecular weight is 610 g/mol. The van der Waals surface area contributed by atoms with Gasteiger partial charge in [0.25, 0.3) is 15.9 Å². The van der Waals surface area contributed by atoms with Crippen LogP contribution in [0.15, 0.2) is 35.5 Å². The molecule has 0 aromatic carbocycles. The van der Waals surface area contributed by atoms with Crippen molar-refractivity contribution in [3.8, 4) is 11.7 Å². The van der Waals surface area contributed by atoms with Crippen molar-refractivity contribution >= 4 is 21.7 Å². The lowest BCUT2D eigenvalue weighted by Gasteiger charge is -2.47. The number of hydrogen-bond donors (Lipinski definition) is 0. The molecule has 0 N–H and O–H groups in total. The molecule has 1 unspecified atom stereocenters. The zero-order valence-electron chi connectivity index (χ0n) is 24.7. The normalized spacial score (nSPS) is 20.1. The summed E-state index contributed by atoms with van der Waals surface area (Å²) in [6, 6.07) is 4.42. The highest BCUT2D eigenvalue weighted by molar-refractivity contribution is 7.89. The van der Waals surface area contributed by atoms with Crippen LogP contribution in [-0.2, 0) is 17.1 Å². The Morgan fingerprint density at radius 2 is 1.76 bits per heavy atom. The van der Waals surface area contributed by atoms with Crippen LogP contribution in [0.3, 0.4) is 0 Å². The van der Waals surface area contributed by atoms with Crippen LogP contribution in [0.1, 0.15) is 64.0 Å². The van der Waals surface area contributed by atoms with Crippen LogP contribution in [0.5, 0.6) is 5.88 Å². The largest absolute Gasteiger partial charge is 0.476 e. The first kappa shape index (κ1) is 29.9. The number of sulfonamides is 1. The summed E-state index contributed by atoms with van der Waals surface area (Å²) in [5.41, 5.74) is -2.96. The third kappa shape index (κ3) is 4.61. The second-order valence-electron chi connectivity index (χ2n) is 12.9. The Hall–Kier alpha value is -3.62. The molecule has 2 aliphatic rings. The lowest BCUT2D eigenvalue weighted by molar-refractivity contribution is -0.219. The Bertz CT molecular complexity index is 1670. The van der Waals surface area contributed by atoms with Gasteiger partial charge in [-0.25, -0.2) is 22.4 Å². The minimum atomic E-state index is -4.45. The summed E-state index contributed by atoms with van der Waals surface area (Å²) >= 11 is 0. The first-order valence-corrected chi connectivity index (χ1v) is 14.8. The number of halogens is 3. The highest BCUT2D eigenvalue weighted by atomic mass is 32.2. The van der Waals surface area contributed by atoms with Gasteiger partial charge >= 0.3 is 6.18 Å². The zero-order chi connectivity index (χ0) is 31.2. The van der Waals surface area contributed by atoms with E-state index in [2.05, 4.69) is 10.2 Å². The number of fused-ring (bicyclic) bond motifs is 3. The number of anilines is 1. The Kier molecular flexibility index (Phi) is 6.53. The van der Waals surface area contributed by atoms with E-state index in [0.29, 0.717) is 12.2 Å². The summed E-state index contributed by atoms with van der Waals surface area (Å²) in [7, 11) is -2.70. The summed E-state index contributed by atoms with van der Waals surface area (Å²) in [6.07, 6.45) is -1.91. The number of hydrogen-bond acceptors (Lipinski definition) is 8. The first-order chi connectivity index (χ1) is 19.2. The molecule has 3 aromatic heterocycles. The first-order valence-electron chi connectivity index (χ1n) is 13.3. The van der Waals surface area contributed by atoms with E-state index < -0.39 is 51.2 Å². The Morgan fingerprint density at radius 1 is 1.10 bits per heavy atom. The maximum atomic E-state index is 14.1. The molecule has 5 rings (SSSR count). The second kappa shape index (κ2) is 9.19. The van der Waals surface area contributed by atoms with E-state index in [-0.39, 0.29) is 27.9 Å². The van der Waals surface area contributed by atoms with Gasteiger partial charge in [0.15, 0.2) is 5.82 Å². The van der Waals surface area contributed by atoms with Gasteiger partial charge < -0.3 is 9.64 Å². The minimum Gasteiger partial charge on any atom is -0.476 e. The van der Waals surface area contributed by atoms with E-state index in [4.69, 9.17) is 9.72 Å². The van der Waals surface area contributed by atoms with E-state index in [0.717, 1.165) is 18.2 Å². The fourth-order valence-corrected chi connectivity index (χ4v) is 7.84. The molecule has 1 saturated heterocycles. The lowest BCUT2D eigenvalue weighted by atomic mass is 9.84. The average Bonchev–Trinajstić information content (AvgIpc) is 3.51. The van der Waals surface area contributed by atoms with Crippen molar-refractivity contribution in [3.05, 3.63) is 41.9 Å². The summed E-state index contributed by atoms with van der Waals surface area (Å²) in [4.78, 5) is 20.6. The summed E-state index contributed by atoms with van der Waals surface area (Å²) in [6.45, 7) is 10.8. The van der Waals surface area contributed by atoms with Crippen molar-refractivity contribution in [3.63, 3.8) is 0 Å². The molecule has 0 aliphatic carbocycles. The minimum absolute atomic E-state index is 0.0208. The van der Waals surface area contributed by atoms with Gasteiger partial charge in [-0.1, -0.05) is 13.8 Å². The maximum absolute atomic E-state index is 14.1. The van der Waals surface area contributed by atoms with Crippen LogP contribution >= 0.6 is 0 Å². The summed E-state index contributed by atoms with van der Waals surface area (Å²) < 4.78 is 76.9. The third-order valence-electron chi connectivity index (χ3n) is 7.88. The lowest BCUT2D eigenvalue weighted by Crippen LogP contribution is -2.61. The fraction of sp³-hybridized carbons (Fsp3) is 0.556. The van der Waals surface area contributed by atoms with Crippen molar-refractivity contribution < 1.29 is 31.1 Å². The molecule has 5 heterocycles. The highest BCUT2D eigenvalue weighted by Crippen LogP contribution is 2.53. The number of nitrogens with zero attached hydrogens (tertiary/aromatic N) is 7. The van der Waals surface area contributed by atoms with Crippen LogP contribution in [0.4, 0.5) is 19.0 Å². The number of pyridine rings is 1. The number of ether oxygens (including phenoxy) is 1. The molecular formula is C27H34F3N7O4S. The molecule has 3 aromatic rings. The van der Waals surface area contributed by atoms with E-state index in [1.807, 2.05) is 32.6 Å². The smallest absolute Gasteiger partial charge is 0.397 e. The number of alkyl halides is 3.